The van der Waals surface area contributed by atoms with Crippen molar-refractivity contribution in [1.29, 1.82) is 0 Å². The average molecular weight is 414 g/mol. The smallest absolute Gasteiger partial charge is 0.417 e. The SMILES string of the molecule is Cc1cc2c(cc1-c1cc(/C=C/C(=O)O)ccc1C(F)(F)F)C(C)(C)C=CC2(C)C. The van der Waals surface area contributed by atoms with E-state index in [-0.39, 0.29) is 16.4 Å². The van der Waals surface area contributed by atoms with Crippen molar-refractivity contribution in [1.82, 2.24) is 0 Å². The van der Waals surface area contributed by atoms with Crippen molar-refractivity contribution in [2.24, 2.45) is 0 Å². The lowest BCUT2D eigenvalue weighted by molar-refractivity contribution is -0.137. The molecule has 1 N–H and O–H groups in total. The van der Waals surface area contributed by atoms with Gasteiger partial charge in [0.25, 0.3) is 0 Å². The molecule has 1 aliphatic rings. The van der Waals surface area contributed by atoms with Crippen LogP contribution in [0, 0.1) is 6.92 Å². The Morgan fingerprint density at radius 2 is 1.50 bits per heavy atom. The molecule has 3 rings (SSSR count). The van der Waals surface area contributed by atoms with Crippen LogP contribution in [0.5, 0.6) is 0 Å². The molecule has 0 bridgehead atoms. The number of fused-ring (bicyclic) bond motifs is 1. The minimum atomic E-state index is -4.53. The number of hydrogen-bond acceptors (Lipinski definition) is 1. The van der Waals surface area contributed by atoms with Crippen LogP contribution in [0.4, 0.5) is 13.2 Å². The molecule has 0 aromatic heterocycles. The van der Waals surface area contributed by atoms with Gasteiger partial charge < -0.3 is 5.11 Å². The number of carbonyl (C=O) groups is 1. The summed E-state index contributed by atoms with van der Waals surface area (Å²) in [5.41, 5.74) is 2.54. The van der Waals surface area contributed by atoms with Gasteiger partial charge in [-0.1, -0.05) is 52.0 Å². The van der Waals surface area contributed by atoms with E-state index in [1.165, 1.54) is 18.2 Å². The highest BCUT2D eigenvalue weighted by atomic mass is 19.4. The van der Waals surface area contributed by atoms with Crippen LogP contribution in [0.25, 0.3) is 17.2 Å². The van der Waals surface area contributed by atoms with E-state index in [9.17, 15) is 18.0 Å². The largest absolute Gasteiger partial charge is 0.478 e. The molecule has 158 valence electrons. The number of halogens is 3. The summed E-state index contributed by atoms with van der Waals surface area (Å²) in [5, 5.41) is 8.85. The predicted octanol–water partition coefficient (Wildman–Crippen LogP) is 6.90. The summed E-state index contributed by atoms with van der Waals surface area (Å²) in [6.07, 6.45) is 1.94. The quantitative estimate of drug-likeness (QED) is 0.438. The van der Waals surface area contributed by atoms with Crippen LogP contribution in [0.1, 0.15) is 55.5 Å². The number of aliphatic carboxylic acids is 1. The molecule has 2 nitrogen and oxygen atoms in total. The van der Waals surface area contributed by atoms with Gasteiger partial charge in [0.1, 0.15) is 0 Å². The number of carboxylic acid groups (broad SMARTS) is 1. The van der Waals surface area contributed by atoms with E-state index in [4.69, 9.17) is 5.11 Å². The maximum atomic E-state index is 13.8. The average Bonchev–Trinajstić information content (AvgIpc) is 2.62. The molecule has 0 spiro atoms. The summed E-state index contributed by atoms with van der Waals surface area (Å²) in [5.74, 6) is -1.16. The molecular weight excluding hydrogens is 389 g/mol. The van der Waals surface area contributed by atoms with Crippen molar-refractivity contribution in [3.8, 4) is 11.1 Å². The topological polar surface area (TPSA) is 37.3 Å². The van der Waals surface area contributed by atoms with Gasteiger partial charge in [-0.3, -0.25) is 0 Å². The Morgan fingerprint density at radius 3 is 2.03 bits per heavy atom. The number of rotatable bonds is 3. The van der Waals surface area contributed by atoms with Gasteiger partial charge in [0.2, 0.25) is 0 Å². The third-order valence-electron chi connectivity index (χ3n) is 5.73. The van der Waals surface area contributed by atoms with E-state index < -0.39 is 17.7 Å². The first kappa shape index (κ1) is 21.9. The second-order valence-corrected chi connectivity index (χ2v) is 8.96. The fraction of sp³-hybridized carbons (Fsp3) is 0.320. The van der Waals surface area contributed by atoms with Gasteiger partial charge in [0, 0.05) is 16.9 Å². The second kappa shape index (κ2) is 7.15. The monoisotopic (exact) mass is 414 g/mol. The maximum Gasteiger partial charge on any atom is 0.417 e. The van der Waals surface area contributed by atoms with E-state index in [1.54, 1.807) is 0 Å². The lowest BCUT2D eigenvalue weighted by Gasteiger charge is -2.37. The van der Waals surface area contributed by atoms with Crippen molar-refractivity contribution in [3.05, 3.63) is 76.4 Å². The first-order valence-electron chi connectivity index (χ1n) is 9.71. The van der Waals surface area contributed by atoms with Gasteiger partial charge in [0.15, 0.2) is 0 Å². The van der Waals surface area contributed by atoms with Crippen LogP contribution >= 0.6 is 0 Å². The second-order valence-electron chi connectivity index (χ2n) is 8.96. The van der Waals surface area contributed by atoms with Crippen LogP contribution in [-0.2, 0) is 21.8 Å². The van der Waals surface area contributed by atoms with Crippen molar-refractivity contribution in [2.75, 3.05) is 0 Å². The maximum absolute atomic E-state index is 13.8. The molecule has 2 aromatic carbocycles. The Bertz CT molecular complexity index is 1070. The van der Waals surface area contributed by atoms with Crippen LogP contribution < -0.4 is 0 Å². The summed E-state index contributed by atoms with van der Waals surface area (Å²) < 4.78 is 41.4. The summed E-state index contributed by atoms with van der Waals surface area (Å²) in [6, 6.07) is 7.56. The lowest BCUT2D eigenvalue weighted by Crippen LogP contribution is -2.29. The highest BCUT2D eigenvalue weighted by Crippen LogP contribution is 2.45. The molecule has 1 aliphatic carbocycles. The van der Waals surface area contributed by atoms with Gasteiger partial charge in [-0.15, -0.1) is 0 Å². The van der Waals surface area contributed by atoms with Crippen molar-refractivity contribution in [2.45, 2.75) is 51.6 Å². The third-order valence-corrected chi connectivity index (χ3v) is 5.73. The summed E-state index contributed by atoms with van der Waals surface area (Å²) in [7, 11) is 0. The Morgan fingerprint density at radius 1 is 0.933 bits per heavy atom. The summed E-state index contributed by atoms with van der Waals surface area (Å²) >= 11 is 0. The molecule has 5 heteroatoms. The van der Waals surface area contributed by atoms with Crippen molar-refractivity contribution >= 4 is 12.0 Å². The lowest BCUT2D eigenvalue weighted by atomic mass is 9.67. The van der Waals surface area contributed by atoms with E-state index in [2.05, 4.69) is 26.0 Å². The first-order valence-corrected chi connectivity index (χ1v) is 9.71. The molecular formula is C25H25F3O2. The molecule has 0 heterocycles. The predicted molar refractivity (Wildman–Crippen MR) is 113 cm³/mol. The Labute approximate surface area is 174 Å². The number of aryl methyl sites for hydroxylation is 1. The Kier molecular flexibility index (Phi) is 5.21. The number of carboxylic acids is 1. The zero-order chi connectivity index (χ0) is 22.5. The van der Waals surface area contributed by atoms with Crippen molar-refractivity contribution in [3.63, 3.8) is 0 Å². The van der Waals surface area contributed by atoms with Crippen LogP contribution in [0.3, 0.4) is 0 Å². The molecule has 0 unspecified atom stereocenters. The molecule has 0 saturated carbocycles. The molecule has 0 aliphatic heterocycles. The molecule has 0 atom stereocenters. The number of allylic oxidation sites excluding steroid dienone is 2. The Hall–Kier alpha value is -2.82. The zero-order valence-electron chi connectivity index (χ0n) is 17.7. The molecule has 30 heavy (non-hydrogen) atoms. The number of alkyl halides is 3. The molecule has 0 radical (unpaired) electrons. The number of hydrogen-bond donors (Lipinski definition) is 1. The first-order chi connectivity index (χ1) is 13.7. The highest BCUT2D eigenvalue weighted by Gasteiger charge is 2.36. The van der Waals surface area contributed by atoms with Crippen LogP contribution in [0.2, 0.25) is 0 Å². The van der Waals surface area contributed by atoms with Gasteiger partial charge in [0.05, 0.1) is 5.56 Å². The van der Waals surface area contributed by atoms with E-state index in [1.807, 2.05) is 32.9 Å². The van der Waals surface area contributed by atoms with E-state index in [0.29, 0.717) is 11.1 Å². The van der Waals surface area contributed by atoms with E-state index in [0.717, 1.165) is 28.8 Å². The van der Waals surface area contributed by atoms with Crippen molar-refractivity contribution < 1.29 is 23.1 Å². The minimum Gasteiger partial charge on any atom is -0.478 e. The molecule has 0 amide bonds. The number of benzene rings is 2. The van der Waals surface area contributed by atoms with Crippen LogP contribution in [-0.4, -0.2) is 11.1 Å². The van der Waals surface area contributed by atoms with Gasteiger partial charge in [-0.2, -0.15) is 13.2 Å². The Balaban J connectivity index is 2.30. The fourth-order valence-corrected chi connectivity index (χ4v) is 3.96. The summed E-state index contributed by atoms with van der Waals surface area (Å²) in [4.78, 5) is 10.8. The normalized spacial score (nSPS) is 17.2. The molecule has 2 aromatic rings. The van der Waals surface area contributed by atoms with E-state index >= 15 is 0 Å². The summed E-state index contributed by atoms with van der Waals surface area (Å²) in [6.45, 7) is 10.1. The van der Waals surface area contributed by atoms with Gasteiger partial charge in [-0.05, 0) is 64.6 Å². The van der Waals surface area contributed by atoms with Gasteiger partial charge >= 0.3 is 12.1 Å². The zero-order valence-corrected chi connectivity index (χ0v) is 17.7. The fourth-order valence-electron chi connectivity index (χ4n) is 3.96. The standard InChI is InChI=1S/C25H25F3O2/c1-15-12-20-21(24(4,5)11-10-23(20,2)3)14-17(15)18-13-16(7-9-22(29)30)6-8-19(18)25(26,27)28/h6-14H,1-5H3,(H,29,30)/b9-7+. The van der Waals surface area contributed by atoms with Crippen LogP contribution in [0.15, 0.2) is 48.6 Å². The van der Waals surface area contributed by atoms with Gasteiger partial charge in [-0.25, -0.2) is 4.79 Å². The highest BCUT2D eigenvalue weighted by molar-refractivity contribution is 5.86. The molecule has 0 fully saturated rings. The minimum absolute atomic E-state index is 0.0542. The third kappa shape index (κ3) is 4.07. The molecule has 0 saturated heterocycles.